The van der Waals surface area contributed by atoms with Crippen LogP contribution in [0.15, 0.2) is 64.3 Å². The van der Waals surface area contributed by atoms with E-state index in [-0.39, 0.29) is 30.3 Å². The summed E-state index contributed by atoms with van der Waals surface area (Å²) in [6.45, 7) is 0.234. The van der Waals surface area contributed by atoms with Gasteiger partial charge >= 0.3 is 0 Å². The second-order valence-electron chi connectivity index (χ2n) is 6.19. The van der Waals surface area contributed by atoms with Gasteiger partial charge in [-0.3, -0.25) is 19.0 Å². The molecule has 0 aliphatic rings. The summed E-state index contributed by atoms with van der Waals surface area (Å²) in [6, 6.07) is 12.2. The third kappa shape index (κ3) is 4.41. The fourth-order valence-electron chi connectivity index (χ4n) is 2.77. The van der Waals surface area contributed by atoms with E-state index in [4.69, 9.17) is 0 Å². The van der Waals surface area contributed by atoms with Gasteiger partial charge < -0.3 is 10.6 Å². The molecule has 0 aliphatic heterocycles. The van der Waals surface area contributed by atoms with E-state index in [0.29, 0.717) is 26.5 Å². The number of aromatic nitrogens is 2. The van der Waals surface area contributed by atoms with E-state index in [9.17, 15) is 14.4 Å². The van der Waals surface area contributed by atoms with Crippen LogP contribution in [0.5, 0.6) is 0 Å². The van der Waals surface area contributed by atoms with Gasteiger partial charge in [0.2, 0.25) is 5.91 Å². The molecular weight excluding hydrogens is 408 g/mol. The quantitative estimate of drug-likeness (QED) is 0.492. The maximum absolute atomic E-state index is 12.4. The lowest BCUT2D eigenvalue weighted by Crippen LogP contribution is -2.23. The van der Waals surface area contributed by atoms with Gasteiger partial charge in [-0.05, 0) is 41.1 Å². The zero-order valence-corrected chi connectivity index (χ0v) is 16.8. The van der Waals surface area contributed by atoms with E-state index in [2.05, 4.69) is 15.6 Å². The molecule has 0 saturated carbocycles. The number of carbonyl (C=O) groups excluding carboxylic acids is 2. The first-order valence-corrected chi connectivity index (χ1v) is 10.5. The Balaban J connectivity index is 1.37. The van der Waals surface area contributed by atoms with Gasteiger partial charge in [0.15, 0.2) is 0 Å². The highest BCUT2D eigenvalue weighted by atomic mass is 32.1. The minimum atomic E-state index is -0.232. The van der Waals surface area contributed by atoms with Crippen LogP contribution in [-0.2, 0) is 11.3 Å². The molecule has 0 unspecified atom stereocenters. The van der Waals surface area contributed by atoms with Gasteiger partial charge in [-0.2, -0.15) is 0 Å². The van der Waals surface area contributed by atoms with Crippen molar-refractivity contribution >= 4 is 56.1 Å². The first-order chi connectivity index (χ1) is 14.1. The Morgan fingerprint density at radius 1 is 1.00 bits per heavy atom. The van der Waals surface area contributed by atoms with Gasteiger partial charge in [-0.1, -0.05) is 12.1 Å². The summed E-state index contributed by atoms with van der Waals surface area (Å²) in [5.74, 6) is -0.428. The largest absolute Gasteiger partial charge is 0.326 e. The molecule has 0 fully saturated rings. The molecular formula is C20H16N4O3S2. The number of fused-ring (bicyclic) bond motifs is 1. The van der Waals surface area contributed by atoms with Crippen LogP contribution in [0.2, 0.25) is 0 Å². The molecule has 0 atom stereocenters. The molecule has 9 heteroatoms. The first-order valence-electron chi connectivity index (χ1n) is 8.77. The number of nitrogens with one attached hydrogen (secondary N) is 2. The van der Waals surface area contributed by atoms with Crippen molar-refractivity contribution in [1.82, 2.24) is 9.55 Å². The van der Waals surface area contributed by atoms with Crippen LogP contribution in [0.4, 0.5) is 11.4 Å². The van der Waals surface area contributed by atoms with E-state index in [0.717, 1.165) is 0 Å². The number of carbonyl (C=O) groups is 2. The lowest BCUT2D eigenvalue weighted by atomic mass is 10.2. The lowest BCUT2D eigenvalue weighted by molar-refractivity contribution is -0.116. The molecule has 3 heterocycles. The summed E-state index contributed by atoms with van der Waals surface area (Å²) in [6.07, 6.45) is 1.60. The summed E-state index contributed by atoms with van der Waals surface area (Å²) in [4.78, 5) is 42.4. The van der Waals surface area contributed by atoms with Crippen LogP contribution in [0.1, 0.15) is 16.1 Å². The fraction of sp³-hybridized carbons (Fsp3) is 0.100. The number of nitrogens with zero attached hydrogens (tertiary/aromatic N) is 2. The molecule has 3 aromatic heterocycles. The van der Waals surface area contributed by atoms with Gasteiger partial charge in [0, 0.05) is 24.3 Å². The molecule has 0 spiro atoms. The Hall–Kier alpha value is -3.30. The van der Waals surface area contributed by atoms with Crippen molar-refractivity contribution in [1.29, 1.82) is 0 Å². The van der Waals surface area contributed by atoms with Gasteiger partial charge in [0.1, 0.15) is 4.83 Å². The van der Waals surface area contributed by atoms with E-state index in [1.807, 2.05) is 16.8 Å². The maximum Gasteiger partial charge on any atom is 0.265 e. The number of hydrogen-bond acceptors (Lipinski definition) is 6. The molecule has 4 rings (SSSR count). The average Bonchev–Trinajstić information content (AvgIpc) is 3.40. The molecule has 4 aromatic rings. The van der Waals surface area contributed by atoms with Gasteiger partial charge in [-0.25, -0.2) is 4.98 Å². The highest BCUT2D eigenvalue weighted by Gasteiger charge is 2.10. The molecule has 0 bridgehead atoms. The number of benzene rings is 1. The number of hydrogen-bond donors (Lipinski definition) is 2. The summed E-state index contributed by atoms with van der Waals surface area (Å²) in [5, 5.41) is 9.81. The highest BCUT2D eigenvalue weighted by molar-refractivity contribution is 7.16. The minimum Gasteiger partial charge on any atom is -0.326 e. The van der Waals surface area contributed by atoms with Crippen LogP contribution in [0.25, 0.3) is 10.2 Å². The van der Waals surface area contributed by atoms with Crippen LogP contribution in [0, 0.1) is 0 Å². The monoisotopic (exact) mass is 424 g/mol. The summed E-state index contributed by atoms with van der Waals surface area (Å²) >= 11 is 2.77. The average molecular weight is 425 g/mol. The SMILES string of the molecule is O=C(CCn1cnc2sccc2c1=O)Nc1cccc(NC(=O)c2cccs2)c1. The third-order valence-electron chi connectivity index (χ3n) is 4.18. The predicted octanol–water partition coefficient (Wildman–Crippen LogP) is 3.80. The Kier molecular flexibility index (Phi) is 5.50. The van der Waals surface area contributed by atoms with Gasteiger partial charge in [0.05, 0.1) is 16.6 Å². The van der Waals surface area contributed by atoms with Crippen molar-refractivity contribution in [3.63, 3.8) is 0 Å². The van der Waals surface area contributed by atoms with Crippen molar-refractivity contribution in [2.75, 3.05) is 10.6 Å². The molecule has 1 aromatic carbocycles. The van der Waals surface area contributed by atoms with E-state index in [1.165, 1.54) is 33.6 Å². The van der Waals surface area contributed by atoms with Crippen LogP contribution in [0.3, 0.4) is 0 Å². The van der Waals surface area contributed by atoms with Gasteiger partial charge in [0.25, 0.3) is 11.5 Å². The van der Waals surface area contributed by atoms with Crippen molar-refractivity contribution < 1.29 is 9.59 Å². The van der Waals surface area contributed by atoms with Crippen molar-refractivity contribution in [2.45, 2.75) is 13.0 Å². The Labute approximate surface area is 173 Å². The normalized spacial score (nSPS) is 10.8. The predicted molar refractivity (Wildman–Crippen MR) is 116 cm³/mol. The maximum atomic E-state index is 12.4. The summed E-state index contributed by atoms with van der Waals surface area (Å²) < 4.78 is 1.44. The Morgan fingerprint density at radius 2 is 1.83 bits per heavy atom. The molecule has 7 nitrogen and oxygen atoms in total. The Bertz CT molecular complexity index is 1230. The number of anilines is 2. The van der Waals surface area contributed by atoms with Crippen LogP contribution >= 0.6 is 22.7 Å². The standard InChI is InChI=1S/C20H16N4O3S2/c25-17(6-8-24-12-21-19-15(20(24)27)7-10-29-19)22-13-3-1-4-14(11-13)23-18(26)16-5-2-9-28-16/h1-5,7,9-12H,6,8H2,(H,22,25)(H,23,26). The first kappa shape index (κ1) is 19.0. The topological polar surface area (TPSA) is 93.1 Å². The molecule has 0 aliphatic carbocycles. The molecule has 29 heavy (non-hydrogen) atoms. The van der Waals surface area contributed by atoms with E-state index in [1.54, 1.807) is 36.4 Å². The van der Waals surface area contributed by atoms with Crippen LogP contribution in [-0.4, -0.2) is 21.4 Å². The van der Waals surface area contributed by atoms with Crippen LogP contribution < -0.4 is 16.2 Å². The minimum absolute atomic E-state index is 0.128. The van der Waals surface area contributed by atoms with Crippen molar-refractivity contribution in [3.8, 4) is 0 Å². The zero-order valence-electron chi connectivity index (χ0n) is 15.1. The van der Waals surface area contributed by atoms with Crippen molar-refractivity contribution in [2.24, 2.45) is 0 Å². The second kappa shape index (κ2) is 8.38. The van der Waals surface area contributed by atoms with E-state index >= 15 is 0 Å². The molecule has 0 radical (unpaired) electrons. The molecule has 2 N–H and O–H groups in total. The number of thiophene rings is 2. The number of amides is 2. The summed E-state index contributed by atoms with van der Waals surface area (Å²) in [5.41, 5.74) is 1.00. The molecule has 2 amide bonds. The van der Waals surface area contributed by atoms with Crippen molar-refractivity contribution in [3.05, 3.63) is 74.8 Å². The highest BCUT2D eigenvalue weighted by Crippen LogP contribution is 2.18. The second-order valence-corrected chi connectivity index (χ2v) is 8.04. The fourth-order valence-corrected chi connectivity index (χ4v) is 4.12. The molecule has 0 saturated heterocycles. The van der Waals surface area contributed by atoms with E-state index < -0.39 is 0 Å². The number of aryl methyl sites for hydroxylation is 1. The lowest BCUT2D eigenvalue weighted by Gasteiger charge is -2.09. The number of rotatable bonds is 6. The Morgan fingerprint density at radius 3 is 2.62 bits per heavy atom. The summed E-state index contributed by atoms with van der Waals surface area (Å²) in [7, 11) is 0. The zero-order chi connectivity index (χ0) is 20.2. The smallest absolute Gasteiger partial charge is 0.265 e. The molecule has 146 valence electrons. The third-order valence-corrected chi connectivity index (χ3v) is 5.87. The van der Waals surface area contributed by atoms with Gasteiger partial charge in [-0.15, -0.1) is 22.7 Å².